The van der Waals surface area contributed by atoms with Crippen LogP contribution < -0.4 is 22.1 Å². The molecule has 0 fully saturated rings. The molecule has 0 bridgehead atoms. The molecule has 20 nitrogen and oxygen atoms in total. The normalized spacial score (nSPS) is 11.7. The first-order chi connectivity index (χ1) is 27.8. The number of aliphatic carboxylic acids is 3. The molecule has 0 radical (unpaired) electrons. The van der Waals surface area contributed by atoms with Gasteiger partial charge in [0.15, 0.2) is 0 Å². The molecule has 0 spiro atoms. The molecule has 4 amide bonds. The van der Waals surface area contributed by atoms with Crippen LogP contribution in [0.3, 0.4) is 0 Å². The van der Waals surface area contributed by atoms with Crippen LogP contribution in [0.25, 0.3) is 21.8 Å². The predicted octanol–water partition coefficient (Wildman–Crippen LogP) is 1.03. The quantitative estimate of drug-likeness (QED) is 0.0317. The van der Waals surface area contributed by atoms with Gasteiger partial charge < -0.3 is 30.4 Å². The number of H-pyrrole nitrogens is 2. The first-order valence-corrected chi connectivity index (χ1v) is 17.7. The van der Waals surface area contributed by atoms with E-state index in [4.69, 9.17) is 10.9 Å². The number of nitrogens with one attached hydrogen (secondary N) is 5. The van der Waals surface area contributed by atoms with Gasteiger partial charge in [0.25, 0.3) is 17.7 Å². The molecule has 0 aliphatic heterocycles. The number of nitrogens with two attached hydrogens (primary N) is 1. The molecular formula is C38H41N9O11. The van der Waals surface area contributed by atoms with Crippen LogP contribution in [0.2, 0.25) is 0 Å². The Morgan fingerprint density at radius 3 is 1.57 bits per heavy atom. The Kier molecular flexibility index (Phi) is 13.7. The number of carbonyl (C=O) groups excluding carboxylic acids is 3. The third kappa shape index (κ3) is 10.3. The summed E-state index contributed by atoms with van der Waals surface area (Å²) in [6, 6.07) is 23.6. The molecule has 5 aromatic rings. The van der Waals surface area contributed by atoms with Crippen molar-refractivity contribution in [1.29, 1.82) is 0 Å². The number of amides is 4. The first kappa shape index (κ1) is 41.9. The number of nitrogens with zero attached hydrogens (tertiary/aromatic N) is 3. The summed E-state index contributed by atoms with van der Waals surface area (Å²) in [6.07, 6.45) is -1.54. The van der Waals surface area contributed by atoms with E-state index >= 15 is 0 Å². The Hall–Kier alpha value is -7.29. The minimum Gasteiger partial charge on any atom is -0.480 e. The molecular weight excluding hydrogens is 758 g/mol. The highest BCUT2D eigenvalue weighted by atomic mass is 16.4. The molecule has 20 heteroatoms. The largest absolute Gasteiger partial charge is 0.480 e. The summed E-state index contributed by atoms with van der Waals surface area (Å²) < 4.78 is 0. The highest BCUT2D eigenvalue weighted by molar-refractivity contribution is 6.05. The molecule has 0 saturated carbocycles. The summed E-state index contributed by atoms with van der Waals surface area (Å²) in [6.45, 7) is -3.57. The van der Waals surface area contributed by atoms with Gasteiger partial charge in [-0.15, -0.1) is 0 Å². The molecule has 0 aliphatic carbocycles. The lowest BCUT2D eigenvalue weighted by molar-refractivity contribution is -0.142. The Bertz CT molecular complexity index is 2310. The number of aromatic nitrogens is 2. The highest BCUT2D eigenvalue weighted by Crippen LogP contribution is 2.43. The maximum atomic E-state index is 14.2. The second-order valence-electron chi connectivity index (χ2n) is 13.1. The number of hydrogen-bond donors (Lipinski definition) is 10. The van der Waals surface area contributed by atoms with Gasteiger partial charge in [-0.2, -0.15) is 0 Å². The second kappa shape index (κ2) is 19.0. The van der Waals surface area contributed by atoms with Gasteiger partial charge in [-0.3, -0.25) is 59.7 Å². The summed E-state index contributed by atoms with van der Waals surface area (Å²) in [4.78, 5) is 95.8. The second-order valence-corrected chi connectivity index (χ2v) is 13.1. The molecule has 1 unspecified atom stereocenters. The van der Waals surface area contributed by atoms with Crippen molar-refractivity contribution in [3.8, 4) is 0 Å². The minimum absolute atomic E-state index is 0.0420. The van der Waals surface area contributed by atoms with E-state index in [1.807, 2.05) is 48.5 Å². The topological polar surface area (TPSA) is 304 Å². The van der Waals surface area contributed by atoms with Crippen LogP contribution in [0.4, 0.5) is 4.79 Å². The van der Waals surface area contributed by atoms with Crippen molar-refractivity contribution in [2.24, 2.45) is 5.84 Å². The number of nitrogen functional groups attached to an aromatic ring is 1. The van der Waals surface area contributed by atoms with Gasteiger partial charge in [-0.05, 0) is 17.7 Å². The van der Waals surface area contributed by atoms with Crippen LogP contribution >= 0.6 is 0 Å². The van der Waals surface area contributed by atoms with E-state index in [0.717, 1.165) is 10.5 Å². The van der Waals surface area contributed by atoms with Gasteiger partial charge in [-0.25, -0.2) is 10.6 Å². The third-order valence-corrected chi connectivity index (χ3v) is 9.20. The number of carboxylic acids is 3. The zero-order valence-electron chi connectivity index (χ0n) is 30.8. The van der Waals surface area contributed by atoms with Crippen molar-refractivity contribution in [2.75, 3.05) is 52.4 Å². The zero-order valence-corrected chi connectivity index (χ0v) is 30.8. The van der Waals surface area contributed by atoms with E-state index in [1.165, 1.54) is 4.90 Å². The lowest BCUT2D eigenvalue weighted by atomic mass is 9.81. The smallest absolute Gasteiger partial charge is 0.407 e. The fraction of sp³-hybridized carbons (Fsp3) is 0.237. The van der Waals surface area contributed by atoms with Crippen molar-refractivity contribution in [3.63, 3.8) is 0 Å². The Labute approximate surface area is 329 Å². The third-order valence-electron chi connectivity index (χ3n) is 9.20. The molecule has 2 aromatic heterocycles. The molecule has 11 N–H and O–H groups in total. The van der Waals surface area contributed by atoms with Gasteiger partial charge in [0.05, 0.1) is 19.6 Å². The van der Waals surface area contributed by atoms with Crippen LogP contribution in [0, 0.1) is 0 Å². The number of aromatic amines is 2. The van der Waals surface area contributed by atoms with E-state index in [2.05, 4.69) is 26.2 Å². The molecule has 0 aliphatic rings. The van der Waals surface area contributed by atoms with E-state index in [9.17, 15) is 48.9 Å². The van der Waals surface area contributed by atoms with Crippen LogP contribution in [-0.2, 0) is 19.2 Å². The number of para-hydroxylation sites is 2. The fourth-order valence-electron chi connectivity index (χ4n) is 6.73. The summed E-state index contributed by atoms with van der Waals surface area (Å²) >= 11 is 0. The molecule has 1 atom stereocenters. The average Bonchev–Trinajstić information content (AvgIpc) is 3.76. The van der Waals surface area contributed by atoms with Crippen LogP contribution in [0.1, 0.15) is 43.6 Å². The number of fused-ring (bicyclic) bond motifs is 2. The number of carboxylic acid groups (broad SMARTS) is 4. The SMILES string of the molecule is NNC(=O)c1[nH]c2ccccc2c1C(c1ccccc1)c1c(C(=O)NNC(=O)CN(CCN(CC(=O)O)CC(=O)O)CCN(CC(=O)O)C(=O)O)[nH]c2ccccc12. The summed E-state index contributed by atoms with van der Waals surface area (Å²) in [5.74, 6) is -1.33. The van der Waals surface area contributed by atoms with Gasteiger partial charge >= 0.3 is 24.0 Å². The molecule has 5 rings (SSSR count). The number of hydrogen-bond acceptors (Lipinski definition) is 10. The highest BCUT2D eigenvalue weighted by Gasteiger charge is 2.33. The van der Waals surface area contributed by atoms with Crippen molar-refractivity contribution in [2.45, 2.75) is 5.92 Å². The molecule has 0 saturated heterocycles. The maximum Gasteiger partial charge on any atom is 0.407 e. The standard InChI is InChI=1S/C38H41N9O11/c39-42-36(55)34-32(23-10-4-6-12-25(23)40-34)31(22-8-2-1-3-9-22)33-24-11-5-7-13-26(24)41-35(33)37(56)44-43-27(48)18-45(16-17-47(38(57)58)21-30(53)54)14-15-46(19-28(49)50)20-29(51)52/h1-13,31,40-41H,14-21,39H2,(H,42,55)(H,43,48)(H,44,56)(H,49,50)(H,51,52)(H,53,54)(H,57,58). The summed E-state index contributed by atoms with van der Waals surface area (Å²) in [5, 5.41) is 38.5. The van der Waals surface area contributed by atoms with Gasteiger partial charge in [0.2, 0.25) is 0 Å². The van der Waals surface area contributed by atoms with E-state index in [-0.39, 0.29) is 37.6 Å². The lowest BCUT2D eigenvalue weighted by Crippen LogP contribution is -2.50. The van der Waals surface area contributed by atoms with Crippen molar-refractivity contribution in [1.82, 2.24) is 40.9 Å². The average molecular weight is 800 g/mol. The number of rotatable bonds is 19. The zero-order chi connectivity index (χ0) is 41.9. The van der Waals surface area contributed by atoms with Crippen LogP contribution in [0.15, 0.2) is 78.9 Å². The first-order valence-electron chi connectivity index (χ1n) is 17.7. The van der Waals surface area contributed by atoms with Gasteiger partial charge in [0.1, 0.15) is 17.9 Å². The Morgan fingerprint density at radius 1 is 0.569 bits per heavy atom. The Balaban J connectivity index is 1.46. The van der Waals surface area contributed by atoms with Crippen molar-refractivity contribution >= 4 is 63.5 Å². The van der Waals surface area contributed by atoms with Gasteiger partial charge in [0, 0.05) is 65.0 Å². The fourth-order valence-corrected chi connectivity index (χ4v) is 6.73. The number of benzene rings is 3. The van der Waals surface area contributed by atoms with Crippen molar-refractivity contribution < 1.29 is 54.0 Å². The van der Waals surface area contributed by atoms with E-state index in [1.54, 1.807) is 30.3 Å². The van der Waals surface area contributed by atoms with E-state index in [0.29, 0.717) is 37.8 Å². The van der Waals surface area contributed by atoms with Crippen LogP contribution in [-0.4, -0.2) is 139 Å². The Morgan fingerprint density at radius 2 is 1.05 bits per heavy atom. The summed E-state index contributed by atoms with van der Waals surface area (Å²) in [7, 11) is 0. The number of hydrazine groups is 2. The maximum absolute atomic E-state index is 14.2. The summed E-state index contributed by atoms with van der Waals surface area (Å²) in [5.41, 5.74) is 10.1. The molecule has 304 valence electrons. The van der Waals surface area contributed by atoms with Crippen LogP contribution in [0.5, 0.6) is 0 Å². The predicted molar refractivity (Wildman–Crippen MR) is 207 cm³/mol. The molecule has 58 heavy (non-hydrogen) atoms. The molecule has 3 aromatic carbocycles. The van der Waals surface area contributed by atoms with Gasteiger partial charge in [-0.1, -0.05) is 66.7 Å². The number of carbonyl (C=O) groups is 7. The van der Waals surface area contributed by atoms with E-state index < -0.39 is 73.8 Å². The minimum atomic E-state index is -1.54. The van der Waals surface area contributed by atoms with Crippen molar-refractivity contribution in [3.05, 3.63) is 107 Å². The molecule has 2 heterocycles. The lowest BCUT2D eigenvalue weighted by Gasteiger charge is -2.27. The monoisotopic (exact) mass is 799 g/mol.